The van der Waals surface area contributed by atoms with Crippen LogP contribution in [0.1, 0.15) is 12.5 Å². The van der Waals surface area contributed by atoms with E-state index in [4.69, 9.17) is 11.7 Å². The van der Waals surface area contributed by atoms with E-state index in [9.17, 15) is 8.42 Å². The molecule has 25 heavy (non-hydrogen) atoms. The van der Waals surface area contributed by atoms with Gasteiger partial charge in [-0.2, -0.15) is 15.0 Å². The fourth-order valence-electron chi connectivity index (χ4n) is 1.89. The average Bonchev–Trinajstić information content (AvgIpc) is 2.61. The largest absolute Gasteiger partial charge is 0.369 e. The molecular weight excluding hydrogens is 340 g/mol. The van der Waals surface area contributed by atoms with Crippen LogP contribution in [0.15, 0.2) is 35.4 Å². The van der Waals surface area contributed by atoms with Crippen molar-refractivity contribution in [2.75, 3.05) is 23.7 Å². The number of hydrogen-bond donors (Lipinski definition) is 3. The Morgan fingerprint density at radius 3 is 2.60 bits per heavy atom. The summed E-state index contributed by atoms with van der Waals surface area (Å²) in [5, 5.41) is 15.0. The topological polar surface area (TPSA) is 120 Å². The molecule has 0 aliphatic carbocycles. The van der Waals surface area contributed by atoms with Crippen molar-refractivity contribution in [3.63, 3.8) is 0 Å². The molecule has 8 nitrogen and oxygen atoms in total. The second-order valence-corrected chi connectivity index (χ2v) is 6.54. The highest BCUT2D eigenvalue weighted by atomic mass is 32.2. The minimum atomic E-state index is -3.63. The molecule has 0 spiro atoms. The molecule has 0 aliphatic rings. The van der Waals surface area contributed by atoms with Crippen LogP contribution in [0.5, 0.6) is 0 Å². The summed E-state index contributed by atoms with van der Waals surface area (Å²) >= 11 is 0. The summed E-state index contributed by atoms with van der Waals surface area (Å²) < 4.78 is 26.2. The van der Waals surface area contributed by atoms with Crippen LogP contribution >= 0.6 is 0 Å². The van der Waals surface area contributed by atoms with Crippen molar-refractivity contribution < 1.29 is 8.42 Å². The lowest BCUT2D eigenvalue weighted by atomic mass is 10.3. The van der Waals surface area contributed by atoms with E-state index in [1.807, 2.05) is 13.0 Å². The van der Waals surface area contributed by atoms with Gasteiger partial charge in [-0.05, 0) is 31.2 Å². The molecule has 1 aromatic heterocycles. The summed E-state index contributed by atoms with van der Waals surface area (Å²) in [5.41, 5.74) is 0.941. The molecule has 0 bridgehead atoms. The third-order valence-corrected chi connectivity index (χ3v) is 4.46. The molecule has 0 atom stereocenters. The Morgan fingerprint density at radius 1 is 1.28 bits per heavy atom. The van der Waals surface area contributed by atoms with E-state index in [0.29, 0.717) is 23.6 Å². The first-order valence-electron chi connectivity index (χ1n) is 7.31. The summed E-state index contributed by atoms with van der Waals surface area (Å²) in [6.45, 7) is 2.43. The highest BCUT2D eigenvalue weighted by Crippen LogP contribution is 2.19. The molecule has 1 heterocycles. The van der Waals surface area contributed by atoms with Crippen molar-refractivity contribution in [3.05, 3.63) is 36.0 Å². The molecule has 128 valence electrons. The molecule has 0 radical (unpaired) electrons. The Bertz CT molecular complexity index is 927. The van der Waals surface area contributed by atoms with Gasteiger partial charge in [0.15, 0.2) is 0 Å². The Kier molecular flexibility index (Phi) is 5.90. The number of rotatable bonds is 7. The number of aromatic nitrogens is 2. The van der Waals surface area contributed by atoms with Gasteiger partial charge in [-0.1, -0.05) is 5.92 Å². The van der Waals surface area contributed by atoms with Gasteiger partial charge in [0.25, 0.3) is 0 Å². The third kappa shape index (κ3) is 4.67. The van der Waals surface area contributed by atoms with Crippen LogP contribution in [0.25, 0.3) is 0 Å². The Hall–Kier alpha value is -3.14. The van der Waals surface area contributed by atoms with Gasteiger partial charge < -0.3 is 10.6 Å². The zero-order valence-electron chi connectivity index (χ0n) is 13.4. The number of nitriles is 1. The predicted octanol–water partition coefficient (Wildman–Crippen LogP) is 1.44. The molecule has 0 amide bonds. The van der Waals surface area contributed by atoms with Crippen LogP contribution in [0.3, 0.4) is 0 Å². The molecule has 2 rings (SSSR count). The van der Waals surface area contributed by atoms with Crippen molar-refractivity contribution in [1.82, 2.24) is 14.7 Å². The SMILES string of the molecule is C#CCNS(=O)(=O)c1ccc(Nc2ncc(C#N)c(NCC)n2)cc1. The molecule has 1 aromatic carbocycles. The standard InChI is InChI=1S/C16H16N6O2S/c1-3-9-20-25(23,24)14-7-5-13(6-8-14)21-16-19-11-12(10-17)15(22-16)18-4-2/h1,5-8,11,20H,4,9H2,2H3,(H2,18,19,21,22). The van der Waals surface area contributed by atoms with Crippen LogP contribution in [-0.2, 0) is 10.0 Å². The van der Waals surface area contributed by atoms with Crippen LogP contribution in [-0.4, -0.2) is 31.5 Å². The maximum Gasteiger partial charge on any atom is 0.241 e. The molecule has 3 N–H and O–H groups in total. The highest BCUT2D eigenvalue weighted by Gasteiger charge is 2.13. The van der Waals surface area contributed by atoms with E-state index in [2.05, 4.69) is 31.2 Å². The van der Waals surface area contributed by atoms with E-state index in [-0.39, 0.29) is 17.4 Å². The van der Waals surface area contributed by atoms with Gasteiger partial charge in [0.05, 0.1) is 17.6 Å². The van der Waals surface area contributed by atoms with Crippen molar-refractivity contribution in [2.45, 2.75) is 11.8 Å². The lowest BCUT2D eigenvalue weighted by Gasteiger charge is -2.09. The van der Waals surface area contributed by atoms with Gasteiger partial charge in [-0.25, -0.2) is 13.4 Å². The minimum Gasteiger partial charge on any atom is -0.369 e. The monoisotopic (exact) mass is 356 g/mol. The smallest absolute Gasteiger partial charge is 0.241 e. The average molecular weight is 356 g/mol. The number of nitrogens with zero attached hydrogens (tertiary/aromatic N) is 3. The number of nitrogens with one attached hydrogen (secondary N) is 3. The summed E-state index contributed by atoms with van der Waals surface area (Å²) in [4.78, 5) is 8.39. The van der Waals surface area contributed by atoms with Gasteiger partial charge in [-0.3, -0.25) is 0 Å². The summed E-state index contributed by atoms with van der Waals surface area (Å²) in [6.07, 6.45) is 6.46. The Morgan fingerprint density at radius 2 is 2.00 bits per heavy atom. The van der Waals surface area contributed by atoms with E-state index >= 15 is 0 Å². The molecule has 0 saturated heterocycles. The van der Waals surface area contributed by atoms with Crippen LogP contribution < -0.4 is 15.4 Å². The van der Waals surface area contributed by atoms with Crippen LogP contribution in [0.4, 0.5) is 17.5 Å². The van der Waals surface area contributed by atoms with Crippen LogP contribution in [0, 0.1) is 23.7 Å². The van der Waals surface area contributed by atoms with E-state index in [1.165, 1.54) is 18.3 Å². The summed E-state index contributed by atoms with van der Waals surface area (Å²) in [5.74, 6) is 2.93. The fourth-order valence-corrected chi connectivity index (χ4v) is 2.83. The normalized spacial score (nSPS) is 10.5. The van der Waals surface area contributed by atoms with Gasteiger partial charge >= 0.3 is 0 Å². The second kappa shape index (κ2) is 8.11. The predicted molar refractivity (Wildman–Crippen MR) is 94.7 cm³/mol. The van der Waals surface area contributed by atoms with Gasteiger partial charge in [-0.15, -0.1) is 6.42 Å². The number of anilines is 3. The molecule has 0 fully saturated rings. The van der Waals surface area contributed by atoms with Crippen molar-refractivity contribution in [3.8, 4) is 18.4 Å². The molecule has 9 heteroatoms. The van der Waals surface area contributed by atoms with E-state index in [1.54, 1.807) is 12.1 Å². The fraction of sp³-hybridized carbons (Fsp3) is 0.188. The first-order chi connectivity index (χ1) is 12.0. The maximum absolute atomic E-state index is 12.0. The lowest BCUT2D eigenvalue weighted by Crippen LogP contribution is -2.23. The van der Waals surface area contributed by atoms with Crippen molar-refractivity contribution in [1.29, 1.82) is 5.26 Å². The van der Waals surface area contributed by atoms with E-state index in [0.717, 1.165) is 0 Å². The first-order valence-corrected chi connectivity index (χ1v) is 8.79. The third-order valence-electron chi connectivity index (χ3n) is 3.04. The van der Waals surface area contributed by atoms with Crippen molar-refractivity contribution in [2.24, 2.45) is 0 Å². The van der Waals surface area contributed by atoms with Gasteiger partial charge in [0.1, 0.15) is 17.5 Å². The van der Waals surface area contributed by atoms with E-state index < -0.39 is 10.0 Å². The number of sulfonamides is 1. The number of hydrogen-bond acceptors (Lipinski definition) is 7. The molecule has 0 unspecified atom stereocenters. The highest BCUT2D eigenvalue weighted by molar-refractivity contribution is 7.89. The molecule has 0 aliphatic heterocycles. The molecule has 0 saturated carbocycles. The molecular formula is C16H16N6O2S. The lowest BCUT2D eigenvalue weighted by molar-refractivity contribution is 0.586. The van der Waals surface area contributed by atoms with Gasteiger partial charge in [0, 0.05) is 12.2 Å². The zero-order valence-corrected chi connectivity index (χ0v) is 14.3. The summed E-state index contributed by atoms with van der Waals surface area (Å²) in [6, 6.07) is 8.05. The zero-order chi connectivity index (χ0) is 18.3. The van der Waals surface area contributed by atoms with Gasteiger partial charge in [0.2, 0.25) is 16.0 Å². The first kappa shape index (κ1) is 18.2. The van der Waals surface area contributed by atoms with Crippen LogP contribution in [0.2, 0.25) is 0 Å². The number of benzene rings is 1. The maximum atomic E-state index is 12.0. The Balaban J connectivity index is 2.18. The Labute approximate surface area is 146 Å². The number of terminal acetylenes is 1. The molecule has 2 aromatic rings. The van der Waals surface area contributed by atoms with Crippen molar-refractivity contribution >= 4 is 27.5 Å². The quantitative estimate of drug-likeness (QED) is 0.642. The summed E-state index contributed by atoms with van der Waals surface area (Å²) in [7, 11) is -3.63. The minimum absolute atomic E-state index is 0.0748. The second-order valence-electron chi connectivity index (χ2n) is 4.78.